The molecule has 0 aliphatic carbocycles. The molecule has 4 aromatic rings. The molecule has 2 heterocycles. The molecular weight excluding hydrogens is 456 g/mol. The molecule has 0 atom stereocenters. The Bertz CT molecular complexity index is 1400. The third kappa shape index (κ3) is 5.35. The average Bonchev–Trinajstić information content (AvgIpc) is 3.39. The number of benzene rings is 2. The summed E-state index contributed by atoms with van der Waals surface area (Å²) in [5, 5.41) is 14.7. The molecule has 0 bridgehead atoms. The van der Waals surface area contributed by atoms with E-state index in [4.69, 9.17) is 4.74 Å². The van der Waals surface area contributed by atoms with Gasteiger partial charge in [-0.15, -0.1) is 16.4 Å². The molecule has 0 amide bonds. The number of aromatic nitrogens is 2. The lowest BCUT2D eigenvalue weighted by Gasteiger charge is -2.16. The molecule has 2 aromatic carbocycles. The van der Waals surface area contributed by atoms with Crippen LogP contribution in [0.2, 0.25) is 0 Å². The van der Waals surface area contributed by atoms with E-state index in [-0.39, 0.29) is 6.61 Å². The Morgan fingerprint density at radius 3 is 2.45 bits per heavy atom. The summed E-state index contributed by atoms with van der Waals surface area (Å²) >= 11 is 1.55. The Labute approximate surface area is 198 Å². The number of aliphatic hydroxyl groups is 1. The van der Waals surface area contributed by atoms with Gasteiger partial charge in [0, 0.05) is 17.2 Å². The van der Waals surface area contributed by atoms with Gasteiger partial charge in [-0.2, -0.15) is 0 Å². The highest BCUT2D eigenvalue weighted by atomic mass is 32.2. The number of aryl methyl sites for hydroxylation is 1. The normalized spacial score (nSPS) is 12.2. The van der Waals surface area contributed by atoms with E-state index in [9.17, 15) is 13.5 Å². The molecule has 0 spiro atoms. The molecule has 0 aliphatic rings. The van der Waals surface area contributed by atoms with Crippen LogP contribution >= 0.6 is 11.3 Å². The van der Waals surface area contributed by atoms with E-state index in [2.05, 4.69) is 5.10 Å². The minimum Gasteiger partial charge on any atom is -0.474 e. The van der Waals surface area contributed by atoms with Crippen molar-refractivity contribution in [2.45, 2.75) is 31.3 Å². The van der Waals surface area contributed by atoms with Crippen molar-refractivity contribution in [3.8, 4) is 32.6 Å². The van der Waals surface area contributed by atoms with Crippen LogP contribution in [0.1, 0.15) is 19.4 Å². The first kappa shape index (κ1) is 23.2. The molecule has 8 heteroatoms. The number of hydrogen-bond acceptors (Lipinski definition) is 6. The zero-order chi connectivity index (χ0) is 23.8. The molecule has 0 fully saturated rings. The smallest absolute Gasteiger partial charge is 0.233 e. The van der Waals surface area contributed by atoms with Crippen LogP contribution in [0.25, 0.3) is 26.7 Å². The summed E-state index contributed by atoms with van der Waals surface area (Å²) in [6, 6.07) is 20.8. The first-order valence-electron chi connectivity index (χ1n) is 10.4. The third-order valence-electron chi connectivity index (χ3n) is 5.01. The fourth-order valence-corrected chi connectivity index (χ4v) is 5.02. The predicted octanol–water partition coefficient (Wildman–Crippen LogP) is 5.13. The van der Waals surface area contributed by atoms with Gasteiger partial charge < -0.3 is 9.84 Å². The van der Waals surface area contributed by atoms with Crippen molar-refractivity contribution >= 4 is 21.2 Å². The van der Waals surface area contributed by atoms with Gasteiger partial charge in [0.05, 0.1) is 26.8 Å². The maximum Gasteiger partial charge on any atom is 0.233 e. The van der Waals surface area contributed by atoms with Crippen LogP contribution in [-0.2, 0) is 9.84 Å². The third-order valence-corrected chi connectivity index (χ3v) is 7.28. The number of rotatable bonds is 7. The molecule has 0 saturated heterocycles. The van der Waals surface area contributed by atoms with Crippen LogP contribution in [0.15, 0.2) is 71.6 Å². The minimum absolute atomic E-state index is 0.116. The molecular formula is C25H26N2O4S2. The molecule has 6 nitrogen and oxygen atoms in total. The van der Waals surface area contributed by atoms with Gasteiger partial charge in [-0.1, -0.05) is 30.3 Å². The first-order chi connectivity index (χ1) is 15.5. The first-order valence-corrected chi connectivity index (χ1v) is 13.1. The van der Waals surface area contributed by atoms with Crippen molar-refractivity contribution in [1.29, 1.82) is 0 Å². The summed E-state index contributed by atoms with van der Waals surface area (Å²) in [6.45, 7) is 5.50. The van der Waals surface area contributed by atoms with E-state index >= 15 is 0 Å². The molecule has 33 heavy (non-hydrogen) atoms. The minimum atomic E-state index is -3.29. The van der Waals surface area contributed by atoms with Crippen LogP contribution in [0, 0.1) is 6.92 Å². The Morgan fingerprint density at radius 2 is 1.76 bits per heavy atom. The van der Waals surface area contributed by atoms with Crippen molar-refractivity contribution < 1.29 is 18.3 Å². The maximum absolute atomic E-state index is 12.0. The lowest BCUT2D eigenvalue weighted by atomic mass is 10.2. The molecule has 4 rings (SSSR count). The number of ether oxygens (including phenoxy) is 1. The van der Waals surface area contributed by atoms with Crippen LogP contribution in [0.5, 0.6) is 5.88 Å². The maximum atomic E-state index is 12.0. The summed E-state index contributed by atoms with van der Waals surface area (Å²) in [7, 11) is -3.29. The monoisotopic (exact) mass is 482 g/mol. The van der Waals surface area contributed by atoms with Gasteiger partial charge in [-0.3, -0.25) is 0 Å². The van der Waals surface area contributed by atoms with Gasteiger partial charge in [0.2, 0.25) is 5.88 Å². The van der Waals surface area contributed by atoms with Gasteiger partial charge >= 0.3 is 0 Å². The lowest BCUT2D eigenvalue weighted by Crippen LogP contribution is -2.28. The Kier molecular flexibility index (Phi) is 6.18. The summed E-state index contributed by atoms with van der Waals surface area (Å²) in [5.74, 6) is 0.421. The zero-order valence-electron chi connectivity index (χ0n) is 18.9. The second-order valence-electron chi connectivity index (χ2n) is 8.63. The summed E-state index contributed by atoms with van der Waals surface area (Å²) in [5.41, 5.74) is 2.71. The number of hydrogen-bond donors (Lipinski definition) is 1. The van der Waals surface area contributed by atoms with Gasteiger partial charge in [0.25, 0.3) is 0 Å². The number of thiophene rings is 1. The van der Waals surface area contributed by atoms with E-state index in [1.54, 1.807) is 43.4 Å². The molecule has 0 unspecified atom stereocenters. The predicted molar refractivity (Wildman–Crippen MR) is 132 cm³/mol. The quantitative estimate of drug-likeness (QED) is 0.395. The molecule has 1 N–H and O–H groups in total. The zero-order valence-corrected chi connectivity index (χ0v) is 20.6. The number of para-hydroxylation sites is 1. The fourth-order valence-electron chi connectivity index (χ4n) is 3.35. The number of nitrogens with zero attached hydrogens (tertiary/aromatic N) is 2. The largest absolute Gasteiger partial charge is 0.474 e. The molecule has 172 valence electrons. The molecule has 0 aliphatic heterocycles. The average molecular weight is 483 g/mol. The standard InChI is InChI=1S/C25H26N2O4S2/c1-17-8-5-6-11-20(17)27-21(15-24(26-27)31-16-25(2,3)28)23-13-12-22(32-23)18-9-7-10-19(14-18)33(4,29)30/h5-15,28H,16H2,1-4H3. The van der Waals surface area contributed by atoms with Crippen LogP contribution < -0.4 is 4.74 Å². The number of sulfone groups is 1. The van der Waals surface area contributed by atoms with E-state index in [0.717, 1.165) is 32.3 Å². The Balaban J connectivity index is 1.77. The second-order valence-corrected chi connectivity index (χ2v) is 11.7. The van der Waals surface area contributed by atoms with Gasteiger partial charge in [0.1, 0.15) is 6.61 Å². The van der Waals surface area contributed by atoms with E-state index < -0.39 is 15.4 Å². The van der Waals surface area contributed by atoms with Gasteiger partial charge in [-0.05, 0) is 62.2 Å². The highest BCUT2D eigenvalue weighted by Gasteiger charge is 2.19. The molecule has 0 radical (unpaired) electrons. The SMILES string of the molecule is Cc1ccccc1-n1nc(OCC(C)(C)O)cc1-c1ccc(-c2cccc(S(C)(=O)=O)c2)s1. The Hall–Kier alpha value is -2.94. The van der Waals surface area contributed by atoms with Gasteiger partial charge in [0.15, 0.2) is 9.84 Å². The van der Waals surface area contributed by atoms with E-state index in [0.29, 0.717) is 10.8 Å². The summed E-state index contributed by atoms with van der Waals surface area (Å²) in [4.78, 5) is 2.21. The molecule has 2 aromatic heterocycles. The summed E-state index contributed by atoms with van der Waals surface area (Å²) in [6.07, 6.45) is 1.21. The fraction of sp³-hybridized carbons (Fsp3) is 0.240. The topological polar surface area (TPSA) is 81.4 Å². The van der Waals surface area contributed by atoms with Crippen LogP contribution in [-0.4, -0.2) is 41.8 Å². The van der Waals surface area contributed by atoms with Crippen molar-refractivity contribution in [2.24, 2.45) is 0 Å². The van der Waals surface area contributed by atoms with E-state index in [1.807, 2.05) is 60.1 Å². The lowest BCUT2D eigenvalue weighted by molar-refractivity contribution is 0.0267. The second kappa shape index (κ2) is 8.78. The highest BCUT2D eigenvalue weighted by Crippen LogP contribution is 2.37. The van der Waals surface area contributed by atoms with Crippen molar-refractivity contribution in [3.63, 3.8) is 0 Å². The molecule has 0 saturated carbocycles. The van der Waals surface area contributed by atoms with Crippen LogP contribution in [0.3, 0.4) is 0 Å². The van der Waals surface area contributed by atoms with Crippen molar-refractivity contribution in [2.75, 3.05) is 12.9 Å². The highest BCUT2D eigenvalue weighted by molar-refractivity contribution is 7.90. The summed E-state index contributed by atoms with van der Waals surface area (Å²) < 4.78 is 31.6. The van der Waals surface area contributed by atoms with Crippen molar-refractivity contribution in [1.82, 2.24) is 9.78 Å². The van der Waals surface area contributed by atoms with E-state index in [1.165, 1.54) is 6.26 Å². The van der Waals surface area contributed by atoms with Gasteiger partial charge in [-0.25, -0.2) is 13.1 Å². The van der Waals surface area contributed by atoms with Crippen LogP contribution in [0.4, 0.5) is 0 Å². The van der Waals surface area contributed by atoms with Crippen molar-refractivity contribution in [3.05, 3.63) is 72.3 Å². The Morgan fingerprint density at radius 1 is 1.03 bits per heavy atom.